The van der Waals surface area contributed by atoms with Crippen LogP contribution in [0.25, 0.3) is 22.3 Å². The average molecular weight is 957 g/mol. The van der Waals surface area contributed by atoms with Crippen molar-refractivity contribution in [3.63, 3.8) is 0 Å². The van der Waals surface area contributed by atoms with Gasteiger partial charge in [-0.15, -0.1) is 0 Å². The number of rotatable bonds is 14. The molecule has 7 heterocycles. The normalized spacial score (nSPS) is 30.1. The quantitative estimate of drug-likeness (QED) is 0.0683. The zero-order valence-corrected chi connectivity index (χ0v) is 37.3. The first-order chi connectivity index (χ1) is 31.9. The number of aromatic nitrogens is 11. The molecule has 0 bridgehead atoms. The van der Waals surface area contributed by atoms with E-state index in [9.17, 15) is 30.0 Å². The highest BCUT2D eigenvalue weighted by atomic mass is 35.5. The molecule has 2 aliphatic heterocycles. The first-order valence-electron chi connectivity index (χ1n) is 22.0. The molecule has 0 unspecified atom stereocenters. The van der Waals surface area contributed by atoms with Gasteiger partial charge in [-0.1, -0.05) is 0 Å². The molecular weight excluding hydrogens is 905 g/mol. The summed E-state index contributed by atoms with van der Waals surface area (Å²) in [5.41, 5.74) is 1.35. The fourth-order valence-electron chi connectivity index (χ4n) is 9.07. The van der Waals surface area contributed by atoms with Crippen molar-refractivity contribution in [2.45, 2.75) is 138 Å². The van der Waals surface area contributed by atoms with Crippen molar-refractivity contribution in [1.82, 2.24) is 64.6 Å². The molecule has 5 aromatic heterocycles. The van der Waals surface area contributed by atoms with Gasteiger partial charge in [0.2, 0.25) is 22.5 Å². The molecule has 0 radical (unpaired) electrons. The zero-order valence-electron chi connectivity index (χ0n) is 35.8. The average Bonchev–Trinajstić information content (AvgIpc) is 4.06. The van der Waals surface area contributed by atoms with Gasteiger partial charge in [-0.25, -0.2) is 19.9 Å². The van der Waals surface area contributed by atoms with E-state index >= 15 is 0 Å². The van der Waals surface area contributed by atoms with Gasteiger partial charge in [0.1, 0.15) is 30.7 Å². The number of halogens is 2. The molecule has 2 aliphatic carbocycles. The minimum atomic E-state index is -1.45. The van der Waals surface area contributed by atoms with Gasteiger partial charge < -0.3 is 61.8 Å². The van der Waals surface area contributed by atoms with Gasteiger partial charge in [0.05, 0.1) is 12.7 Å². The second-order valence-electron chi connectivity index (χ2n) is 16.8. The Morgan fingerprint density at radius 2 is 0.955 bits per heavy atom. The van der Waals surface area contributed by atoms with Crippen LogP contribution in [0.2, 0.25) is 10.6 Å². The number of aliphatic hydroxyl groups excluding tert-OH is 4. The number of aliphatic hydroxyl groups is 4. The van der Waals surface area contributed by atoms with Crippen molar-refractivity contribution >= 4 is 80.9 Å². The standard InChI is InChI=1S/C39H51Cl2N17O8/c1-3-42-32(63)26-22(59)24(61)34(65-26)57-14-46-20-28(52-36(40)54-30(20)57)48-16-5-9-18(10-6-16)50-38-44-13-45-39(56-38)51-19-11-7-17(8-12-19)49-29-21-31(55-37(41)53-29)58(15-47-21)35-25(62)23(60)27(66-35)33(64)43-4-2/h13-19,22-27,34-35,59-62H,3-12H2,1-2H3,(H,42,63)(H,43,64)(H,48,52,54)(H,49,53,55)(H2,44,45,50,51,56)/t16?,17?,18?,19?,22-,23-,24+,25+,26-,27-,34+,35+/m0/s1. The van der Waals surface area contributed by atoms with E-state index < -0.39 is 60.9 Å². The molecule has 66 heavy (non-hydrogen) atoms. The van der Waals surface area contributed by atoms with Gasteiger partial charge in [-0.3, -0.25) is 18.7 Å². The Morgan fingerprint density at radius 3 is 1.33 bits per heavy atom. The first kappa shape index (κ1) is 45.7. The predicted molar refractivity (Wildman–Crippen MR) is 236 cm³/mol. The Balaban J connectivity index is 0.759. The number of hydrogen-bond donors (Lipinski definition) is 10. The Morgan fingerprint density at radius 1 is 0.576 bits per heavy atom. The minimum absolute atomic E-state index is 0.0410. The van der Waals surface area contributed by atoms with Crippen LogP contribution in [-0.4, -0.2) is 160 Å². The third-order valence-electron chi connectivity index (χ3n) is 12.4. The lowest BCUT2D eigenvalue weighted by atomic mass is 9.91. The highest BCUT2D eigenvalue weighted by molar-refractivity contribution is 6.29. The Bertz CT molecular complexity index is 2370. The highest BCUT2D eigenvalue weighted by Crippen LogP contribution is 2.36. The molecule has 27 heteroatoms. The van der Waals surface area contributed by atoms with E-state index in [2.05, 4.69) is 76.8 Å². The second kappa shape index (κ2) is 19.4. The summed E-state index contributed by atoms with van der Waals surface area (Å²) in [6.45, 7) is 4.16. The SMILES string of the molecule is CCNC(=O)[C@H]1O[C@@H](n2cnc3c(NC4CCC(Nc5ncnc(NC6CCC(Nc7nc(Cl)nc8c7ncn8[C@@H]7O[C@H](C(=O)NCC)[C@@H](O)[C@H]7O)CC6)n5)CC4)nc(Cl)nc32)[C@H](O)[C@@H]1O. The number of imidazole rings is 2. The van der Waals surface area contributed by atoms with Crippen LogP contribution in [0.3, 0.4) is 0 Å². The summed E-state index contributed by atoms with van der Waals surface area (Å²) in [6, 6.07) is 0.301. The van der Waals surface area contributed by atoms with E-state index in [4.69, 9.17) is 32.7 Å². The third-order valence-corrected chi connectivity index (χ3v) is 12.7. The largest absolute Gasteiger partial charge is 0.387 e. The summed E-state index contributed by atoms with van der Waals surface area (Å²) in [6.07, 6.45) is 0.166. The van der Waals surface area contributed by atoms with Crippen LogP contribution in [-0.2, 0) is 19.1 Å². The van der Waals surface area contributed by atoms with Crippen molar-refractivity contribution < 1.29 is 39.5 Å². The molecule has 8 atom stereocenters. The van der Waals surface area contributed by atoms with Crippen molar-refractivity contribution in [2.75, 3.05) is 34.4 Å². The highest BCUT2D eigenvalue weighted by Gasteiger charge is 2.49. The molecule has 2 saturated carbocycles. The molecule has 0 spiro atoms. The lowest BCUT2D eigenvalue weighted by molar-refractivity contribution is -0.138. The van der Waals surface area contributed by atoms with Gasteiger partial charge in [0.25, 0.3) is 11.8 Å². The number of anilines is 4. The zero-order chi connectivity index (χ0) is 46.2. The number of likely N-dealkylation sites (N-methyl/N-ethyl adjacent to an activating group) is 2. The van der Waals surface area contributed by atoms with E-state index in [0.29, 0.717) is 47.7 Å². The maximum atomic E-state index is 12.4. The van der Waals surface area contributed by atoms with Crippen LogP contribution in [0.4, 0.5) is 23.5 Å². The fraction of sp³-hybridized carbons (Fsp3) is 0.615. The van der Waals surface area contributed by atoms with Gasteiger partial charge in [-0.05, 0) is 88.4 Å². The number of nitrogens with zero attached hydrogens (tertiary/aromatic N) is 11. The molecule has 0 aromatic carbocycles. The van der Waals surface area contributed by atoms with Gasteiger partial charge in [-0.2, -0.15) is 24.9 Å². The minimum Gasteiger partial charge on any atom is -0.387 e. The molecule has 10 N–H and O–H groups in total. The summed E-state index contributed by atoms with van der Waals surface area (Å²) in [4.78, 5) is 64.7. The van der Waals surface area contributed by atoms with Crippen molar-refractivity contribution in [2.24, 2.45) is 0 Å². The van der Waals surface area contributed by atoms with Gasteiger partial charge in [0.15, 0.2) is 58.6 Å². The Labute approximate surface area is 386 Å². The molecule has 4 aliphatic rings. The number of carbonyl (C=O) groups is 2. The van der Waals surface area contributed by atoms with E-state index in [1.54, 1.807) is 13.8 Å². The van der Waals surface area contributed by atoms with Crippen LogP contribution in [0.5, 0.6) is 0 Å². The summed E-state index contributed by atoms with van der Waals surface area (Å²) >= 11 is 12.7. The van der Waals surface area contributed by atoms with Gasteiger partial charge >= 0.3 is 0 Å². The van der Waals surface area contributed by atoms with E-state index in [0.717, 1.165) is 51.4 Å². The smallest absolute Gasteiger partial charge is 0.252 e. The van der Waals surface area contributed by atoms with E-state index in [-0.39, 0.29) is 46.0 Å². The predicted octanol–water partition coefficient (Wildman–Crippen LogP) is 0.639. The summed E-state index contributed by atoms with van der Waals surface area (Å²) < 4.78 is 14.4. The van der Waals surface area contributed by atoms with E-state index in [1.165, 1.54) is 28.1 Å². The van der Waals surface area contributed by atoms with Crippen LogP contribution in [0.1, 0.15) is 77.7 Å². The Hall–Kier alpha value is -5.41. The third kappa shape index (κ3) is 9.29. The van der Waals surface area contributed by atoms with Crippen molar-refractivity contribution in [3.8, 4) is 0 Å². The first-order valence-corrected chi connectivity index (χ1v) is 22.8. The molecule has 25 nitrogen and oxygen atoms in total. The number of fused-ring (bicyclic) bond motifs is 2. The maximum Gasteiger partial charge on any atom is 0.252 e. The number of hydrogen-bond acceptors (Lipinski definition) is 21. The van der Waals surface area contributed by atoms with Gasteiger partial charge in [0, 0.05) is 37.3 Å². The summed E-state index contributed by atoms with van der Waals surface area (Å²) in [5, 5.41) is 61.6. The van der Waals surface area contributed by atoms with Crippen molar-refractivity contribution in [3.05, 3.63) is 29.5 Å². The second-order valence-corrected chi connectivity index (χ2v) is 17.5. The summed E-state index contributed by atoms with van der Waals surface area (Å²) in [7, 11) is 0. The maximum absolute atomic E-state index is 12.4. The van der Waals surface area contributed by atoms with E-state index in [1.807, 2.05) is 0 Å². The monoisotopic (exact) mass is 955 g/mol. The van der Waals surface area contributed by atoms with Crippen LogP contribution < -0.4 is 31.9 Å². The molecular formula is C39H51Cl2N17O8. The number of amides is 2. The Kier molecular flexibility index (Phi) is 13.5. The summed E-state index contributed by atoms with van der Waals surface area (Å²) in [5.74, 6) is 0.712. The molecule has 2 saturated heterocycles. The number of carbonyl (C=O) groups excluding carboxylic acids is 2. The molecule has 5 aromatic rings. The topological polar surface area (TPSA) is 332 Å². The molecule has 354 valence electrons. The number of nitrogens with one attached hydrogen (secondary N) is 6. The van der Waals surface area contributed by atoms with Crippen molar-refractivity contribution in [1.29, 1.82) is 0 Å². The van der Waals surface area contributed by atoms with Crippen LogP contribution in [0, 0.1) is 0 Å². The fourth-order valence-corrected chi connectivity index (χ4v) is 9.40. The van der Waals surface area contributed by atoms with Crippen LogP contribution in [0.15, 0.2) is 19.0 Å². The molecule has 4 fully saturated rings. The van der Waals surface area contributed by atoms with Crippen LogP contribution >= 0.6 is 23.2 Å². The molecule has 2 amide bonds. The number of ether oxygens (including phenoxy) is 2. The molecule has 9 rings (SSSR count). The lowest BCUT2D eigenvalue weighted by Gasteiger charge is -2.30. The lowest BCUT2D eigenvalue weighted by Crippen LogP contribution is -2.42.